The number of anilines is 2. The Hall–Kier alpha value is -1.91. The van der Waals surface area contributed by atoms with Crippen molar-refractivity contribution in [3.8, 4) is 0 Å². The molecule has 3 atom stereocenters. The van der Waals surface area contributed by atoms with Crippen molar-refractivity contribution < 1.29 is 23.0 Å². The van der Waals surface area contributed by atoms with Crippen LogP contribution in [0.2, 0.25) is 0 Å². The first-order valence-electron chi connectivity index (χ1n) is 9.99. The van der Waals surface area contributed by atoms with Crippen LogP contribution in [0.25, 0.3) is 0 Å². The van der Waals surface area contributed by atoms with Gasteiger partial charge in [-0.05, 0) is 32.8 Å². The van der Waals surface area contributed by atoms with Gasteiger partial charge in [0.1, 0.15) is 18.5 Å². The lowest BCUT2D eigenvalue weighted by molar-refractivity contribution is -0.115. The van der Waals surface area contributed by atoms with E-state index in [2.05, 4.69) is 20.2 Å². The molecule has 10 heteroatoms. The van der Waals surface area contributed by atoms with E-state index in [4.69, 9.17) is 4.74 Å². The van der Waals surface area contributed by atoms with E-state index < -0.39 is 18.8 Å². The minimum atomic E-state index is -4.36. The molecule has 2 fully saturated rings. The predicted octanol–water partition coefficient (Wildman–Crippen LogP) is 3.77. The summed E-state index contributed by atoms with van der Waals surface area (Å²) in [6, 6.07) is 3.80. The molecule has 6 nitrogen and oxygen atoms in total. The molecule has 2 aromatic rings. The molecule has 0 spiro atoms. The molecule has 0 aliphatic carbocycles. The maximum absolute atomic E-state index is 12.7. The van der Waals surface area contributed by atoms with E-state index in [1.807, 2.05) is 13.8 Å². The SMILES string of the molecule is Cc1nc(CC(O)c2cc(N3C4CCC3COC4)cc(NCC(F)(F)F)n2)sc1C. The number of fused-ring (bicyclic) bond motifs is 2. The normalized spacial score (nSPS) is 22.4. The minimum absolute atomic E-state index is 0.108. The number of aliphatic hydroxyl groups is 1. The van der Waals surface area contributed by atoms with Crippen molar-refractivity contribution in [1.29, 1.82) is 0 Å². The Balaban J connectivity index is 1.62. The number of aromatic nitrogens is 2. The first-order valence-corrected chi connectivity index (χ1v) is 10.8. The predicted molar refractivity (Wildman–Crippen MR) is 109 cm³/mol. The molecule has 2 saturated heterocycles. The van der Waals surface area contributed by atoms with Gasteiger partial charge in [-0.15, -0.1) is 11.3 Å². The van der Waals surface area contributed by atoms with Gasteiger partial charge in [0.2, 0.25) is 0 Å². The standard InChI is InChI=1S/C20H25F3N4O2S/c1-11-12(2)30-19(25-11)7-17(28)16-5-15(6-18(26-16)24-10-20(21,22)23)27-13-3-4-14(27)9-29-8-13/h5-6,13-14,17,28H,3-4,7-10H2,1-2H3,(H,24,26). The molecule has 30 heavy (non-hydrogen) atoms. The average Bonchev–Trinajstić information content (AvgIpc) is 3.13. The fourth-order valence-corrected chi connectivity index (χ4v) is 5.06. The zero-order valence-corrected chi connectivity index (χ0v) is 17.7. The van der Waals surface area contributed by atoms with E-state index in [1.165, 1.54) is 11.3 Å². The molecule has 4 rings (SSSR count). The Labute approximate surface area is 177 Å². The number of nitrogens with one attached hydrogen (secondary N) is 1. The third-order valence-electron chi connectivity index (χ3n) is 5.62. The summed E-state index contributed by atoms with van der Waals surface area (Å²) in [5.74, 6) is 0.108. The Bertz CT molecular complexity index is 869. The number of hydrogen-bond donors (Lipinski definition) is 2. The highest BCUT2D eigenvalue weighted by Gasteiger charge is 2.38. The monoisotopic (exact) mass is 442 g/mol. The second-order valence-electron chi connectivity index (χ2n) is 7.90. The zero-order valence-electron chi connectivity index (χ0n) is 16.9. The number of aryl methyl sites for hydroxylation is 2. The van der Waals surface area contributed by atoms with Crippen LogP contribution in [0.5, 0.6) is 0 Å². The zero-order chi connectivity index (χ0) is 21.5. The van der Waals surface area contributed by atoms with Gasteiger partial charge in [0.25, 0.3) is 0 Å². The number of rotatable bonds is 6. The molecular formula is C20H25F3N4O2S. The Morgan fingerprint density at radius 2 is 1.93 bits per heavy atom. The van der Waals surface area contributed by atoms with Crippen LogP contribution in [-0.4, -0.2) is 53.1 Å². The van der Waals surface area contributed by atoms with E-state index >= 15 is 0 Å². The number of thiazole rings is 1. The van der Waals surface area contributed by atoms with E-state index in [9.17, 15) is 18.3 Å². The van der Waals surface area contributed by atoms with Gasteiger partial charge in [-0.25, -0.2) is 9.97 Å². The van der Waals surface area contributed by atoms with Crippen LogP contribution >= 0.6 is 11.3 Å². The number of ether oxygens (including phenoxy) is 1. The van der Waals surface area contributed by atoms with Gasteiger partial charge in [-0.2, -0.15) is 13.2 Å². The third-order valence-corrected chi connectivity index (χ3v) is 6.72. The van der Waals surface area contributed by atoms with Gasteiger partial charge < -0.3 is 20.1 Å². The van der Waals surface area contributed by atoms with Crippen molar-refractivity contribution in [1.82, 2.24) is 9.97 Å². The summed E-state index contributed by atoms with van der Waals surface area (Å²) in [6.07, 6.45) is -3.09. The minimum Gasteiger partial charge on any atom is -0.386 e. The van der Waals surface area contributed by atoms with E-state index in [0.717, 1.165) is 34.1 Å². The highest BCUT2D eigenvalue weighted by atomic mass is 32.1. The van der Waals surface area contributed by atoms with Gasteiger partial charge in [-0.1, -0.05) is 0 Å². The van der Waals surface area contributed by atoms with Crippen LogP contribution in [0.3, 0.4) is 0 Å². The summed E-state index contributed by atoms with van der Waals surface area (Å²) in [5.41, 5.74) is 2.03. The summed E-state index contributed by atoms with van der Waals surface area (Å²) >= 11 is 1.51. The number of morpholine rings is 1. The summed E-state index contributed by atoms with van der Waals surface area (Å²) in [7, 11) is 0. The van der Waals surface area contributed by atoms with Crippen molar-refractivity contribution in [2.45, 2.75) is 57.5 Å². The summed E-state index contributed by atoms with van der Waals surface area (Å²) in [6.45, 7) is 3.89. The Morgan fingerprint density at radius 1 is 1.23 bits per heavy atom. The van der Waals surface area contributed by atoms with Gasteiger partial charge in [-0.3, -0.25) is 0 Å². The van der Waals surface area contributed by atoms with Crippen LogP contribution in [0.1, 0.15) is 40.2 Å². The lowest BCUT2D eigenvalue weighted by Crippen LogP contribution is -2.46. The van der Waals surface area contributed by atoms with Gasteiger partial charge in [0.15, 0.2) is 0 Å². The molecule has 0 radical (unpaired) electrons. The third kappa shape index (κ3) is 4.70. The molecular weight excluding hydrogens is 417 g/mol. The van der Waals surface area contributed by atoms with E-state index in [-0.39, 0.29) is 24.3 Å². The quantitative estimate of drug-likeness (QED) is 0.710. The average molecular weight is 443 g/mol. The topological polar surface area (TPSA) is 70.5 Å². The van der Waals surface area contributed by atoms with E-state index in [0.29, 0.717) is 18.9 Å². The summed E-state index contributed by atoms with van der Waals surface area (Å²) in [5, 5.41) is 14.0. The first kappa shape index (κ1) is 21.3. The lowest BCUT2D eigenvalue weighted by atomic mass is 10.1. The Morgan fingerprint density at radius 3 is 2.53 bits per heavy atom. The maximum Gasteiger partial charge on any atom is 0.405 e. The van der Waals surface area contributed by atoms with E-state index in [1.54, 1.807) is 12.1 Å². The number of halogens is 3. The Kier molecular flexibility index (Phi) is 5.91. The summed E-state index contributed by atoms with van der Waals surface area (Å²) < 4.78 is 43.9. The molecule has 4 heterocycles. The van der Waals surface area contributed by atoms with Gasteiger partial charge >= 0.3 is 6.18 Å². The van der Waals surface area contributed by atoms with Crippen LogP contribution in [0, 0.1) is 13.8 Å². The van der Waals surface area contributed by atoms with Crippen molar-refractivity contribution in [2.24, 2.45) is 0 Å². The second-order valence-corrected chi connectivity index (χ2v) is 9.19. The molecule has 2 aliphatic rings. The molecule has 0 aromatic carbocycles. The molecule has 3 unspecified atom stereocenters. The van der Waals surface area contributed by atoms with Gasteiger partial charge in [0, 0.05) is 23.1 Å². The van der Waals surface area contributed by atoms with Crippen LogP contribution in [-0.2, 0) is 11.2 Å². The molecule has 164 valence electrons. The number of nitrogens with zero attached hydrogens (tertiary/aromatic N) is 3. The van der Waals surface area contributed by atoms with Crippen LogP contribution < -0.4 is 10.2 Å². The molecule has 2 aliphatic heterocycles. The van der Waals surface area contributed by atoms with Crippen LogP contribution in [0.4, 0.5) is 24.7 Å². The number of aliphatic hydroxyl groups excluding tert-OH is 1. The lowest BCUT2D eigenvalue weighted by Gasteiger charge is -2.37. The molecule has 2 aromatic heterocycles. The van der Waals surface area contributed by atoms with Crippen molar-refractivity contribution in [2.75, 3.05) is 30.0 Å². The number of pyridine rings is 1. The molecule has 0 saturated carbocycles. The fraction of sp³-hybridized carbons (Fsp3) is 0.600. The highest BCUT2D eigenvalue weighted by Crippen LogP contribution is 2.36. The second kappa shape index (κ2) is 8.32. The van der Waals surface area contributed by atoms with Crippen molar-refractivity contribution in [3.63, 3.8) is 0 Å². The number of alkyl halides is 3. The van der Waals surface area contributed by atoms with Crippen molar-refractivity contribution >= 4 is 22.8 Å². The maximum atomic E-state index is 12.7. The highest BCUT2D eigenvalue weighted by molar-refractivity contribution is 7.11. The number of hydrogen-bond acceptors (Lipinski definition) is 7. The molecule has 2 N–H and O–H groups in total. The van der Waals surface area contributed by atoms with Crippen molar-refractivity contribution in [3.05, 3.63) is 33.4 Å². The summed E-state index contributed by atoms with van der Waals surface area (Å²) in [4.78, 5) is 12.0. The fourth-order valence-electron chi connectivity index (χ4n) is 4.08. The molecule has 2 bridgehead atoms. The largest absolute Gasteiger partial charge is 0.405 e. The van der Waals surface area contributed by atoms with Crippen LogP contribution in [0.15, 0.2) is 12.1 Å². The smallest absolute Gasteiger partial charge is 0.386 e. The van der Waals surface area contributed by atoms with Gasteiger partial charge in [0.05, 0.1) is 41.7 Å². The first-order chi connectivity index (χ1) is 14.2. The molecule has 0 amide bonds.